The van der Waals surface area contributed by atoms with Crippen LogP contribution in [0.1, 0.15) is 37.8 Å². The van der Waals surface area contributed by atoms with Crippen LogP contribution in [0.4, 0.5) is 0 Å². The molecule has 88 valence electrons. The van der Waals surface area contributed by atoms with Crippen LogP contribution in [0.5, 0.6) is 0 Å². The van der Waals surface area contributed by atoms with Crippen molar-refractivity contribution in [3.05, 3.63) is 36.0 Å². The van der Waals surface area contributed by atoms with Crippen LogP contribution in [0.25, 0.3) is 10.9 Å². The van der Waals surface area contributed by atoms with Gasteiger partial charge < -0.3 is 10.7 Å². The first kappa shape index (κ1) is 13.1. The molecular formula is C13H19ClN2. The average Bonchev–Trinajstić information content (AvgIpc) is 2.72. The van der Waals surface area contributed by atoms with Gasteiger partial charge in [-0.2, -0.15) is 0 Å². The van der Waals surface area contributed by atoms with Crippen molar-refractivity contribution in [1.29, 1.82) is 0 Å². The number of fused-ring (bicyclic) bond motifs is 1. The van der Waals surface area contributed by atoms with Crippen LogP contribution in [-0.2, 0) is 0 Å². The minimum atomic E-state index is 0. The summed E-state index contributed by atoms with van der Waals surface area (Å²) in [5, 5.41) is 1.25. The Bertz CT molecular complexity index is 436. The van der Waals surface area contributed by atoms with E-state index in [0.717, 1.165) is 6.42 Å². The molecule has 0 amide bonds. The van der Waals surface area contributed by atoms with Crippen LogP contribution in [0.15, 0.2) is 30.5 Å². The van der Waals surface area contributed by atoms with Crippen LogP contribution in [-0.4, -0.2) is 4.98 Å². The van der Waals surface area contributed by atoms with E-state index in [1.165, 1.54) is 29.3 Å². The fourth-order valence-corrected chi connectivity index (χ4v) is 1.89. The molecule has 2 rings (SSSR count). The molecule has 3 N–H and O–H groups in total. The first-order valence-electron chi connectivity index (χ1n) is 5.64. The molecule has 0 aliphatic rings. The predicted molar refractivity (Wildman–Crippen MR) is 72.0 cm³/mol. The van der Waals surface area contributed by atoms with Crippen molar-refractivity contribution in [2.45, 2.75) is 32.2 Å². The van der Waals surface area contributed by atoms with E-state index in [9.17, 15) is 0 Å². The normalized spacial score (nSPS) is 12.4. The number of hydrogen-bond acceptors (Lipinski definition) is 1. The molecule has 0 fully saturated rings. The van der Waals surface area contributed by atoms with Crippen LogP contribution in [0.3, 0.4) is 0 Å². The first-order valence-corrected chi connectivity index (χ1v) is 5.64. The number of unbranched alkanes of at least 4 members (excludes halogenated alkanes) is 1. The molecule has 1 atom stereocenters. The fourth-order valence-electron chi connectivity index (χ4n) is 1.89. The SMILES string of the molecule is CCCC[C@H](N)c1ccc2[nH]ccc2c1.Cl. The van der Waals surface area contributed by atoms with Crippen LogP contribution < -0.4 is 5.73 Å². The topological polar surface area (TPSA) is 41.8 Å². The number of aromatic nitrogens is 1. The Balaban J connectivity index is 0.00000128. The van der Waals surface area contributed by atoms with Gasteiger partial charge in [-0.15, -0.1) is 12.4 Å². The number of nitrogens with one attached hydrogen (secondary N) is 1. The Hall–Kier alpha value is -0.990. The highest BCUT2D eigenvalue weighted by atomic mass is 35.5. The lowest BCUT2D eigenvalue weighted by Gasteiger charge is -2.11. The Morgan fingerprint density at radius 3 is 2.88 bits per heavy atom. The Morgan fingerprint density at radius 1 is 1.31 bits per heavy atom. The molecule has 0 unspecified atom stereocenters. The lowest BCUT2D eigenvalue weighted by molar-refractivity contribution is 0.604. The number of nitrogens with two attached hydrogens (primary N) is 1. The monoisotopic (exact) mass is 238 g/mol. The molecule has 3 heteroatoms. The van der Waals surface area contributed by atoms with Gasteiger partial charge in [-0.1, -0.05) is 25.8 Å². The van der Waals surface area contributed by atoms with Gasteiger partial charge in [-0.3, -0.25) is 0 Å². The molecule has 16 heavy (non-hydrogen) atoms. The zero-order chi connectivity index (χ0) is 10.7. The van der Waals surface area contributed by atoms with E-state index < -0.39 is 0 Å². The molecule has 1 aromatic heterocycles. The molecule has 0 saturated heterocycles. The van der Waals surface area contributed by atoms with E-state index in [0.29, 0.717) is 0 Å². The highest BCUT2D eigenvalue weighted by Crippen LogP contribution is 2.21. The maximum atomic E-state index is 6.13. The first-order chi connectivity index (χ1) is 7.31. The largest absolute Gasteiger partial charge is 0.361 e. The van der Waals surface area contributed by atoms with Gasteiger partial charge in [0, 0.05) is 17.8 Å². The third-order valence-electron chi connectivity index (χ3n) is 2.87. The van der Waals surface area contributed by atoms with E-state index in [1.54, 1.807) is 0 Å². The minimum Gasteiger partial charge on any atom is -0.361 e. The zero-order valence-electron chi connectivity index (χ0n) is 9.57. The van der Waals surface area contributed by atoms with Gasteiger partial charge in [0.2, 0.25) is 0 Å². The molecule has 0 radical (unpaired) electrons. The summed E-state index contributed by atoms with van der Waals surface area (Å²) in [6.45, 7) is 2.20. The van der Waals surface area contributed by atoms with Crippen LogP contribution in [0.2, 0.25) is 0 Å². The molecule has 0 spiro atoms. The molecule has 0 aliphatic carbocycles. The number of hydrogen-bond donors (Lipinski definition) is 2. The van der Waals surface area contributed by atoms with E-state index in [2.05, 4.69) is 36.2 Å². The van der Waals surface area contributed by atoms with Gasteiger partial charge in [0.1, 0.15) is 0 Å². The van der Waals surface area contributed by atoms with Crippen molar-refractivity contribution < 1.29 is 0 Å². The average molecular weight is 239 g/mol. The molecule has 0 saturated carbocycles. The highest BCUT2D eigenvalue weighted by molar-refractivity contribution is 5.85. The predicted octanol–water partition coefficient (Wildman–Crippen LogP) is 3.78. The highest BCUT2D eigenvalue weighted by Gasteiger charge is 2.05. The molecule has 1 heterocycles. The number of rotatable bonds is 4. The third-order valence-corrected chi connectivity index (χ3v) is 2.87. The summed E-state index contributed by atoms with van der Waals surface area (Å²) in [4.78, 5) is 3.19. The Kier molecular flexibility index (Phi) is 4.84. The van der Waals surface area contributed by atoms with Gasteiger partial charge >= 0.3 is 0 Å². The van der Waals surface area contributed by atoms with E-state index in [1.807, 2.05) is 6.20 Å². The summed E-state index contributed by atoms with van der Waals surface area (Å²) in [5.41, 5.74) is 8.56. The quantitative estimate of drug-likeness (QED) is 0.836. The van der Waals surface area contributed by atoms with E-state index >= 15 is 0 Å². The lowest BCUT2D eigenvalue weighted by atomic mass is 10.0. The van der Waals surface area contributed by atoms with Crippen molar-refractivity contribution >= 4 is 23.3 Å². The number of benzene rings is 1. The second kappa shape index (κ2) is 5.92. The van der Waals surface area contributed by atoms with Crippen LogP contribution >= 0.6 is 12.4 Å². The van der Waals surface area contributed by atoms with Gasteiger partial charge in [0.15, 0.2) is 0 Å². The molecule has 0 bridgehead atoms. The smallest absolute Gasteiger partial charge is 0.0454 e. The standard InChI is InChI=1S/C13H18N2.ClH/c1-2-3-4-12(14)10-5-6-13-11(9-10)7-8-15-13;/h5-9,12,15H,2-4,14H2,1H3;1H/t12-;/m0./s1. The Labute approximate surface area is 103 Å². The zero-order valence-corrected chi connectivity index (χ0v) is 10.4. The van der Waals surface area contributed by atoms with Gasteiger partial charge in [0.25, 0.3) is 0 Å². The fraction of sp³-hybridized carbons (Fsp3) is 0.385. The maximum Gasteiger partial charge on any atom is 0.0454 e. The molecule has 1 aromatic carbocycles. The molecule has 0 aliphatic heterocycles. The van der Waals surface area contributed by atoms with Crippen LogP contribution in [0, 0.1) is 0 Å². The second-order valence-electron chi connectivity index (χ2n) is 4.07. The Morgan fingerprint density at radius 2 is 2.12 bits per heavy atom. The van der Waals surface area contributed by atoms with Gasteiger partial charge in [-0.05, 0) is 35.6 Å². The molecule has 2 aromatic rings. The summed E-state index contributed by atoms with van der Waals surface area (Å²) in [7, 11) is 0. The lowest BCUT2D eigenvalue weighted by Crippen LogP contribution is -2.09. The summed E-state index contributed by atoms with van der Waals surface area (Å²) in [6, 6.07) is 8.69. The van der Waals surface area contributed by atoms with Crippen molar-refractivity contribution in [2.24, 2.45) is 5.73 Å². The number of halogens is 1. The second-order valence-corrected chi connectivity index (χ2v) is 4.07. The van der Waals surface area contributed by atoms with E-state index in [4.69, 9.17) is 5.73 Å². The third kappa shape index (κ3) is 2.77. The van der Waals surface area contributed by atoms with Gasteiger partial charge in [0.05, 0.1) is 0 Å². The van der Waals surface area contributed by atoms with E-state index in [-0.39, 0.29) is 18.4 Å². The molecule has 2 nitrogen and oxygen atoms in total. The number of aromatic amines is 1. The van der Waals surface area contributed by atoms with Crippen molar-refractivity contribution in [2.75, 3.05) is 0 Å². The summed E-state index contributed by atoms with van der Waals surface area (Å²) in [5.74, 6) is 0. The number of H-pyrrole nitrogens is 1. The van der Waals surface area contributed by atoms with Gasteiger partial charge in [-0.25, -0.2) is 0 Å². The maximum absolute atomic E-state index is 6.13. The minimum absolute atomic E-state index is 0. The summed E-state index contributed by atoms with van der Waals surface area (Å²) >= 11 is 0. The molecular weight excluding hydrogens is 220 g/mol. The summed E-state index contributed by atoms with van der Waals surface area (Å²) in [6.07, 6.45) is 5.45. The van der Waals surface area contributed by atoms with Crippen molar-refractivity contribution in [1.82, 2.24) is 4.98 Å². The van der Waals surface area contributed by atoms with Crippen molar-refractivity contribution in [3.63, 3.8) is 0 Å². The summed E-state index contributed by atoms with van der Waals surface area (Å²) < 4.78 is 0. The van der Waals surface area contributed by atoms with Crippen molar-refractivity contribution in [3.8, 4) is 0 Å².